The largest absolute Gasteiger partial charge is 0.506 e. The van der Waals surface area contributed by atoms with Crippen molar-refractivity contribution in [3.8, 4) is 11.5 Å². The first-order valence-corrected chi connectivity index (χ1v) is 19.3. The van der Waals surface area contributed by atoms with Crippen molar-refractivity contribution in [2.24, 2.45) is 0 Å². The van der Waals surface area contributed by atoms with Gasteiger partial charge in [-0.1, -0.05) is 40.2 Å². The quantitative estimate of drug-likeness (QED) is 0.203. The van der Waals surface area contributed by atoms with Gasteiger partial charge in [0.15, 0.2) is 0 Å². The third-order valence-corrected chi connectivity index (χ3v) is 10.6. The van der Waals surface area contributed by atoms with Crippen LogP contribution in [-0.2, 0) is 32.4 Å². The molecule has 12 nitrogen and oxygen atoms in total. The van der Waals surface area contributed by atoms with Crippen LogP contribution in [-0.4, -0.2) is 97.3 Å². The molecule has 2 unspecified atom stereocenters. The number of halogens is 3. The van der Waals surface area contributed by atoms with Gasteiger partial charge in [-0.25, -0.2) is 18.9 Å². The van der Waals surface area contributed by atoms with Crippen LogP contribution in [0.2, 0.25) is 0 Å². The second-order valence-electron chi connectivity index (χ2n) is 13.8. The van der Waals surface area contributed by atoms with Crippen LogP contribution in [0.5, 0.6) is 11.5 Å². The highest BCUT2D eigenvalue weighted by atomic mass is 79.9. The molecule has 4 aliphatic heterocycles. The number of nitrogens with zero attached hydrogens (tertiary/aromatic N) is 5. The average Bonchev–Trinajstić information content (AvgIpc) is 3.73. The lowest BCUT2D eigenvalue weighted by Crippen LogP contribution is -2.46. The van der Waals surface area contributed by atoms with E-state index in [1.807, 2.05) is 12.1 Å². The molecule has 292 valence electrons. The minimum absolute atomic E-state index is 0.0412. The molecule has 0 aliphatic carbocycles. The van der Waals surface area contributed by atoms with Gasteiger partial charge in [0.2, 0.25) is 0 Å². The molecule has 4 fully saturated rings. The zero-order valence-corrected chi connectivity index (χ0v) is 31.9. The topological polar surface area (TPSA) is 141 Å². The van der Waals surface area contributed by atoms with E-state index in [2.05, 4.69) is 36.1 Å². The summed E-state index contributed by atoms with van der Waals surface area (Å²) in [5, 5.41) is 24.4. The highest BCUT2D eigenvalue weighted by Gasteiger charge is 2.39. The Hall–Kier alpha value is -4.54. The lowest BCUT2D eigenvalue weighted by molar-refractivity contribution is -0.165. The van der Waals surface area contributed by atoms with Gasteiger partial charge >= 0.3 is 0 Å². The van der Waals surface area contributed by atoms with E-state index in [0.717, 1.165) is 74.4 Å². The molecular weight excluding hydrogens is 778 g/mol. The van der Waals surface area contributed by atoms with E-state index in [0.29, 0.717) is 38.1 Å². The summed E-state index contributed by atoms with van der Waals surface area (Å²) in [4.78, 5) is 45.4. The van der Waals surface area contributed by atoms with E-state index < -0.39 is 0 Å². The fourth-order valence-corrected chi connectivity index (χ4v) is 7.18. The van der Waals surface area contributed by atoms with Gasteiger partial charge in [0.05, 0.1) is 38.7 Å². The van der Waals surface area contributed by atoms with Crippen LogP contribution in [0.15, 0.2) is 85.2 Å². The summed E-state index contributed by atoms with van der Waals surface area (Å²) in [6.45, 7) is 5.13. The highest BCUT2D eigenvalue weighted by Crippen LogP contribution is 2.30. The minimum atomic E-state index is -0.295. The normalized spacial score (nSPS) is 20.9. The Labute approximate surface area is 327 Å². The van der Waals surface area contributed by atoms with Gasteiger partial charge in [-0.3, -0.25) is 34.1 Å². The Balaban J connectivity index is 0.000000155. The van der Waals surface area contributed by atoms with Crippen LogP contribution >= 0.6 is 15.9 Å². The third kappa shape index (κ3) is 11.3. The molecule has 4 saturated heterocycles. The van der Waals surface area contributed by atoms with Gasteiger partial charge in [-0.2, -0.15) is 0 Å². The highest BCUT2D eigenvalue weighted by molar-refractivity contribution is 9.10. The molecule has 2 atom stereocenters. The molecule has 55 heavy (non-hydrogen) atoms. The van der Waals surface area contributed by atoms with Crippen molar-refractivity contribution >= 4 is 27.7 Å². The Morgan fingerprint density at radius 1 is 0.673 bits per heavy atom. The fraction of sp³-hybridized carbons (Fsp3) is 0.400. The molecule has 0 radical (unpaired) electrons. The molecule has 2 amide bonds. The van der Waals surface area contributed by atoms with Crippen LogP contribution in [0.3, 0.4) is 0 Å². The van der Waals surface area contributed by atoms with Gasteiger partial charge < -0.3 is 15.5 Å². The number of amides is 2. The number of aromatic nitrogens is 2. The van der Waals surface area contributed by atoms with Crippen LogP contribution in [0.25, 0.3) is 0 Å². The molecule has 6 heterocycles. The van der Waals surface area contributed by atoms with Crippen LogP contribution in [0.4, 0.5) is 8.78 Å². The number of hydroxylamine groups is 4. The second-order valence-corrected chi connectivity index (χ2v) is 14.9. The number of nitrogens with one attached hydrogen (secondary N) is 1. The lowest BCUT2D eigenvalue weighted by atomic mass is 9.92. The van der Waals surface area contributed by atoms with Crippen molar-refractivity contribution in [3.63, 3.8) is 0 Å². The number of benzene rings is 2. The van der Waals surface area contributed by atoms with Crippen LogP contribution in [0, 0.1) is 11.6 Å². The molecule has 0 spiro atoms. The maximum Gasteiger partial charge on any atom is 0.266 e. The lowest BCUT2D eigenvalue weighted by Gasteiger charge is -2.34. The zero-order chi connectivity index (χ0) is 38.7. The fourth-order valence-electron chi connectivity index (χ4n) is 6.83. The summed E-state index contributed by atoms with van der Waals surface area (Å²) >= 11 is 3.19. The number of piperidine rings is 2. The summed E-state index contributed by atoms with van der Waals surface area (Å²) in [5.74, 6) is 0.613. The number of hydrogen-bond acceptors (Lipinski definition) is 10. The SMILES string of the molecule is O=C1C(Br)CON1Cc1ccc(F)cc1.O=C1C(N2CCC(c3ccc(O)cn3)CC2)CON1Cc1ccc(F)cc1.Oc1ccc(C2CCNCC2)nc1. The predicted molar refractivity (Wildman–Crippen MR) is 203 cm³/mol. The molecule has 2 aromatic carbocycles. The monoisotopic (exact) mass is 822 g/mol. The molecule has 0 bridgehead atoms. The van der Waals surface area contributed by atoms with E-state index in [1.165, 1.54) is 46.8 Å². The van der Waals surface area contributed by atoms with Crippen LogP contribution in [0.1, 0.15) is 60.0 Å². The molecule has 4 aliphatic rings. The summed E-state index contributed by atoms with van der Waals surface area (Å²) in [5.41, 5.74) is 3.77. The first-order chi connectivity index (χ1) is 26.6. The predicted octanol–water partition coefficient (Wildman–Crippen LogP) is 5.57. The molecule has 8 rings (SSSR count). The number of carbonyl (C=O) groups is 2. The Morgan fingerprint density at radius 2 is 1.15 bits per heavy atom. The minimum Gasteiger partial charge on any atom is -0.506 e. The number of pyridine rings is 2. The summed E-state index contributed by atoms with van der Waals surface area (Å²) in [7, 11) is 0. The zero-order valence-electron chi connectivity index (χ0n) is 30.3. The first-order valence-electron chi connectivity index (χ1n) is 18.4. The van der Waals surface area contributed by atoms with E-state index in [9.17, 15) is 23.5 Å². The van der Waals surface area contributed by atoms with Gasteiger partial charge in [-0.15, -0.1) is 0 Å². The Bertz CT molecular complexity index is 1830. The second kappa shape index (κ2) is 19.4. The molecule has 0 saturated carbocycles. The third-order valence-electron chi connectivity index (χ3n) is 9.98. The average molecular weight is 824 g/mol. The van der Waals surface area contributed by atoms with E-state index >= 15 is 0 Å². The van der Waals surface area contributed by atoms with E-state index in [4.69, 9.17) is 14.8 Å². The smallest absolute Gasteiger partial charge is 0.266 e. The van der Waals surface area contributed by atoms with Crippen LogP contribution < -0.4 is 5.32 Å². The number of aromatic hydroxyl groups is 2. The maximum atomic E-state index is 13.0. The van der Waals surface area contributed by atoms with Gasteiger partial charge in [0.25, 0.3) is 11.8 Å². The van der Waals surface area contributed by atoms with Gasteiger partial charge in [-0.05, 0) is 112 Å². The first kappa shape index (κ1) is 40.1. The van der Waals surface area contributed by atoms with Gasteiger partial charge in [0, 0.05) is 23.2 Å². The number of likely N-dealkylation sites (tertiary alicyclic amines) is 1. The Morgan fingerprint density at radius 3 is 1.60 bits per heavy atom. The molecule has 15 heteroatoms. The molecule has 3 N–H and O–H groups in total. The summed E-state index contributed by atoms with van der Waals surface area (Å²) in [6.07, 6.45) is 7.13. The van der Waals surface area contributed by atoms with Crippen molar-refractivity contribution < 1.29 is 38.3 Å². The van der Waals surface area contributed by atoms with E-state index in [-0.39, 0.29) is 45.8 Å². The molecule has 4 aromatic rings. The Kier molecular flexibility index (Phi) is 14.1. The van der Waals surface area contributed by atoms with Crippen molar-refractivity contribution in [2.45, 2.75) is 61.5 Å². The number of hydrogen-bond donors (Lipinski definition) is 3. The summed E-state index contributed by atoms with van der Waals surface area (Å²) in [6, 6.07) is 19.0. The van der Waals surface area contributed by atoms with Crippen molar-refractivity contribution in [1.82, 2.24) is 30.3 Å². The van der Waals surface area contributed by atoms with Gasteiger partial charge in [0.1, 0.15) is 34.0 Å². The van der Waals surface area contributed by atoms with Crippen molar-refractivity contribution in [2.75, 3.05) is 39.4 Å². The standard InChI is InChI=1S/C20H22FN3O3.C10H9BrFNO2.C10H14N2O/c21-16-3-1-14(2-4-16)12-24-20(26)19(13-27-24)23-9-7-15(8-10-23)18-6-5-17(25)11-22-18;11-9-6-15-13(10(9)14)5-7-1-3-8(12)4-2-7;13-9-1-2-10(12-7-9)8-3-5-11-6-4-8/h1-6,11,15,19,25H,7-10,12-13H2;1-4,9H,5-6H2;1-2,7-8,11,13H,3-6H2. The number of alkyl halides is 1. The van der Waals surface area contributed by atoms with Crippen molar-refractivity contribution in [1.29, 1.82) is 0 Å². The molecule has 2 aromatic heterocycles. The number of rotatable bonds is 7. The summed E-state index contributed by atoms with van der Waals surface area (Å²) < 4.78 is 25.6. The van der Waals surface area contributed by atoms with Crippen molar-refractivity contribution in [3.05, 3.63) is 119 Å². The maximum absolute atomic E-state index is 13.0. The van der Waals surface area contributed by atoms with E-state index in [1.54, 1.807) is 36.4 Å². The molecular formula is C40H45BrF2N6O6. The number of carbonyl (C=O) groups excluding carboxylic acids is 2.